The predicted octanol–water partition coefficient (Wildman–Crippen LogP) is 3.62. The van der Waals surface area contributed by atoms with E-state index in [1.54, 1.807) is 0 Å². The van der Waals surface area contributed by atoms with E-state index in [0.29, 0.717) is 6.42 Å². The van der Waals surface area contributed by atoms with Crippen LogP contribution in [0.4, 0.5) is 0 Å². The van der Waals surface area contributed by atoms with Gasteiger partial charge in [-0.2, -0.15) is 0 Å². The van der Waals surface area contributed by atoms with Gasteiger partial charge in [0, 0.05) is 19.4 Å². The molecule has 0 spiro atoms. The molecule has 6 heteroatoms. The van der Waals surface area contributed by atoms with Crippen molar-refractivity contribution in [3.63, 3.8) is 0 Å². The lowest BCUT2D eigenvalue weighted by Gasteiger charge is -2.11. The SMILES string of the molecule is CCCC(=O)NCCCCCc1nc2ccccc2n1CC(=O)OC(C)C. The van der Waals surface area contributed by atoms with Crippen molar-refractivity contribution in [2.24, 2.45) is 0 Å². The van der Waals surface area contributed by atoms with Gasteiger partial charge in [-0.25, -0.2) is 4.98 Å². The Hall–Kier alpha value is -2.37. The predicted molar refractivity (Wildman–Crippen MR) is 106 cm³/mol. The van der Waals surface area contributed by atoms with Crippen LogP contribution in [0.2, 0.25) is 0 Å². The summed E-state index contributed by atoms with van der Waals surface area (Å²) >= 11 is 0. The van der Waals surface area contributed by atoms with Crippen LogP contribution in [0.5, 0.6) is 0 Å². The Morgan fingerprint density at radius 3 is 2.70 bits per heavy atom. The van der Waals surface area contributed by atoms with Gasteiger partial charge in [-0.1, -0.05) is 25.5 Å². The van der Waals surface area contributed by atoms with Crippen molar-refractivity contribution < 1.29 is 14.3 Å². The topological polar surface area (TPSA) is 73.2 Å². The lowest BCUT2D eigenvalue weighted by Crippen LogP contribution is -2.23. The van der Waals surface area contributed by atoms with Crippen LogP contribution in [0.1, 0.15) is 58.7 Å². The van der Waals surface area contributed by atoms with Gasteiger partial charge in [-0.15, -0.1) is 0 Å². The highest BCUT2D eigenvalue weighted by atomic mass is 16.5. The molecule has 6 nitrogen and oxygen atoms in total. The zero-order valence-electron chi connectivity index (χ0n) is 16.7. The van der Waals surface area contributed by atoms with Crippen molar-refractivity contribution in [3.8, 4) is 0 Å². The molecule has 0 atom stereocenters. The number of carbonyl (C=O) groups is 2. The van der Waals surface area contributed by atoms with Crippen LogP contribution in [0.15, 0.2) is 24.3 Å². The van der Waals surface area contributed by atoms with E-state index in [1.165, 1.54) is 0 Å². The summed E-state index contributed by atoms with van der Waals surface area (Å²) in [4.78, 5) is 28.3. The number of nitrogens with one attached hydrogen (secondary N) is 1. The number of nitrogens with zero attached hydrogens (tertiary/aromatic N) is 2. The molecule has 0 saturated heterocycles. The van der Waals surface area contributed by atoms with E-state index in [0.717, 1.165) is 55.5 Å². The zero-order valence-corrected chi connectivity index (χ0v) is 16.7. The van der Waals surface area contributed by atoms with Crippen LogP contribution in [0.25, 0.3) is 11.0 Å². The summed E-state index contributed by atoms with van der Waals surface area (Å²) in [5, 5.41) is 2.94. The average Bonchev–Trinajstić information content (AvgIpc) is 2.95. The average molecular weight is 373 g/mol. The molecule has 0 unspecified atom stereocenters. The maximum Gasteiger partial charge on any atom is 0.326 e. The van der Waals surface area contributed by atoms with E-state index in [1.807, 2.05) is 49.6 Å². The lowest BCUT2D eigenvalue weighted by molar-refractivity contribution is -0.148. The van der Waals surface area contributed by atoms with Gasteiger partial charge >= 0.3 is 5.97 Å². The number of imidazole rings is 1. The van der Waals surface area contributed by atoms with Gasteiger partial charge in [0.2, 0.25) is 5.91 Å². The Kier molecular flexibility index (Phi) is 8.30. The maximum atomic E-state index is 12.1. The number of aryl methyl sites for hydroxylation is 1. The first-order chi connectivity index (χ1) is 13.0. The van der Waals surface area contributed by atoms with Crippen molar-refractivity contribution in [1.29, 1.82) is 0 Å². The Balaban J connectivity index is 1.91. The van der Waals surface area contributed by atoms with Crippen molar-refractivity contribution in [2.75, 3.05) is 6.54 Å². The summed E-state index contributed by atoms with van der Waals surface area (Å²) < 4.78 is 7.26. The Bertz CT molecular complexity index is 752. The van der Waals surface area contributed by atoms with Gasteiger partial charge in [0.1, 0.15) is 12.4 Å². The second-order valence-corrected chi connectivity index (χ2v) is 7.05. The summed E-state index contributed by atoms with van der Waals surface area (Å²) in [7, 11) is 0. The normalized spacial score (nSPS) is 11.1. The number of esters is 1. The molecule has 0 radical (unpaired) electrons. The van der Waals surface area contributed by atoms with Crippen LogP contribution in [0.3, 0.4) is 0 Å². The smallest absolute Gasteiger partial charge is 0.326 e. The molecule has 1 heterocycles. The monoisotopic (exact) mass is 373 g/mol. The molecular weight excluding hydrogens is 342 g/mol. The van der Waals surface area contributed by atoms with Crippen LogP contribution in [0, 0.1) is 0 Å². The standard InChI is InChI=1S/C21H31N3O3/c1-4-10-20(25)22-14-9-5-6-13-19-23-17-11-7-8-12-18(17)24(19)15-21(26)27-16(2)3/h7-8,11-12,16H,4-6,9-10,13-15H2,1-3H3,(H,22,25). The summed E-state index contributed by atoms with van der Waals surface area (Å²) in [6, 6.07) is 7.86. The highest BCUT2D eigenvalue weighted by molar-refractivity contribution is 5.79. The molecule has 0 bridgehead atoms. The van der Waals surface area contributed by atoms with Crippen molar-refractivity contribution >= 4 is 22.9 Å². The molecular formula is C21H31N3O3. The van der Waals surface area contributed by atoms with Gasteiger partial charge < -0.3 is 14.6 Å². The number of rotatable bonds is 11. The summed E-state index contributed by atoms with van der Waals surface area (Å²) in [5.41, 5.74) is 1.86. The maximum absolute atomic E-state index is 12.1. The summed E-state index contributed by atoms with van der Waals surface area (Å²) in [5.74, 6) is 0.794. The minimum atomic E-state index is -0.243. The molecule has 0 saturated carbocycles. The van der Waals surface area contributed by atoms with Crippen LogP contribution >= 0.6 is 0 Å². The fraction of sp³-hybridized carbons (Fsp3) is 0.571. The number of para-hydroxylation sites is 2. The van der Waals surface area contributed by atoms with E-state index < -0.39 is 0 Å². The third kappa shape index (κ3) is 6.70. The lowest BCUT2D eigenvalue weighted by atomic mass is 10.2. The minimum Gasteiger partial charge on any atom is -0.462 e. The summed E-state index contributed by atoms with van der Waals surface area (Å²) in [6.45, 7) is 6.61. The number of fused-ring (bicyclic) bond motifs is 1. The molecule has 2 aromatic rings. The fourth-order valence-electron chi connectivity index (χ4n) is 3.05. The van der Waals surface area contributed by atoms with E-state index in [2.05, 4.69) is 5.32 Å². The fourth-order valence-corrected chi connectivity index (χ4v) is 3.05. The molecule has 1 aromatic heterocycles. The number of aromatic nitrogens is 2. The number of carbonyl (C=O) groups excluding carboxylic acids is 2. The third-order valence-corrected chi connectivity index (χ3v) is 4.26. The van der Waals surface area contributed by atoms with E-state index >= 15 is 0 Å². The Morgan fingerprint density at radius 2 is 1.96 bits per heavy atom. The second-order valence-electron chi connectivity index (χ2n) is 7.05. The highest BCUT2D eigenvalue weighted by Gasteiger charge is 2.15. The molecule has 148 valence electrons. The van der Waals surface area contributed by atoms with E-state index in [4.69, 9.17) is 9.72 Å². The number of amides is 1. The first-order valence-corrected chi connectivity index (χ1v) is 9.91. The van der Waals surface area contributed by atoms with Gasteiger partial charge in [0.25, 0.3) is 0 Å². The van der Waals surface area contributed by atoms with Gasteiger partial charge in [-0.3, -0.25) is 9.59 Å². The van der Waals surface area contributed by atoms with Crippen molar-refractivity contribution in [3.05, 3.63) is 30.1 Å². The molecule has 2 rings (SSSR count). The van der Waals surface area contributed by atoms with Crippen molar-refractivity contribution in [1.82, 2.24) is 14.9 Å². The molecule has 0 aliphatic carbocycles. The van der Waals surface area contributed by atoms with Gasteiger partial charge in [-0.05, 0) is 45.2 Å². The number of unbranched alkanes of at least 4 members (excludes halogenated alkanes) is 2. The second kappa shape index (κ2) is 10.7. The molecule has 1 amide bonds. The van der Waals surface area contributed by atoms with Crippen LogP contribution in [-0.2, 0) is 27.3 Å². The number of benzene rings is 1. The highest BCUT2D eigenvalue weighted by Crippen LogP contribution is 2.18. The quantitative estimate of drug-likeness (QED) is 0.482. The summed E-state index contributed by atoms with van der Waals surface area (Å²) in [6.07, 6.45) is 5.06. The van der Waals surface area contributed by atoms with Crippen LogP contribution in [-0.4, -0.2) is 34.1 Å². The van der Waals surface area contributed by atoms with Crippen molar-refractivity contribution in [2.45, 2.75) is 71.9 Å². The van der Waals surface area contributed by atoms with Crippen LogP contribution < -0.4 is 5.32 Å². The van der Waals surface area contributed by atoms with E-state index in [-0.39, 0.29) is 24.5 Å². The molecule has 0 fully saturated rings. The number of hydrogen-bond donors (Lipinski definition) is 1. The first-order valence-electron chi connectivity index (χ1n) is 9.91. The zero-order chi connectivity index (χ0) is 19.6. The Morgan fingerprint density at radius 1 is 1.19 bits per heavy atom. The molecule has 0 aliphatic rings. The minimum absolute atomic E-state index is 0.126. The Labute approximate surface area is 161 Å². The molecule has 27 heavy (non-hydrogen) atoms. The number of ether oxygens (including phenoxy) is 1. The largest absolute Gasteiger partial charge is 0.462 e. The third-order valence-electron chi connectivity index (χ3n) is 4.26. The van der Waals surface area contributed by atoms with Gasteiger partial charge in [0.05, 0.1) is 17.1 Å². The van der Waals surface area contributed by atoms with Gasteiger partial charge in [0.15, 0.2) is 0 Å². The first kappa shape index (κ1) is 20.9. The molecule has 0 aliphatic heterocycles. The molecule has 1 aromatic carbocycles. The molecule has 1 N–H and O–H groups in total. The number of hydrogen-bond acceptors (Lipinski definition) is 4. The van der Waals surface area contributed by atoms with E-state index in [9.17, 15) is 9.59 Å².